The summed E-state index contributed by atoms with van der Waals surface area (Å²) in [5.41, 5.74) is 0. The van der Waals surface area contributed by atoms with E-state index in [1.54, 1.807) is 26.0 Å². The molecule has 5 nitrogen and oxygen atoms in total. The van der Waals surface area contributed by atoms with Crippen molar-refractivity contribution < 1.29 is 19.8 Å². The van der Waals surface area contributed by atoms with Crippen LogP contribution < -0.4 is 5.32 Å². The molecule has 0 aliphatic rings. The molecule has 0 aliphatic heterocycles. The van der Waals surface area contributed by atoms with Gasteiger partial charge >= 0.3 is 0 Å². The molecule has 6 heteroatoms. The van der Waals surface area contributed by atoms with Crippen LogP contribution in [-0.2, 0) is 14.3 Å². The van der Waals surface area contributed by atoms with Crippen LogP contribution in [0.3, 0.4) is 0 Å². The monoisotopic (exact) mass is 247 g/mol. The van der Waals surface area contributed by atoms with Crippen molar-refractivity contribution in [1.82, 2.24) is 5.32 Å². The van der Waals surface area contributed by atoms with Crippen LogP contribution in [0.2, 0.25) is 0 Å². The van der Waals surface area contributed by atoms with Crippen LogP contribution in [0.25, 0.3) is 0 Å². The Hall–Kier alpha value is -0.430. The van der Waals surface area contributed by atoms with E-state index in [9.17, 15) is 0 Å². The molecule has 100 valence electrons. The van der Waals surface area contributed by atoms with Crippen molar-refractivity contribution in [3.05, 3.63) is 0 Å². The van der Waals surface area contributed by atoms with Gasteiger partial charge in [-0.2, -0.15) is 11.8 Å². The first-order valence-corrected chi connectivity index (χ1v) is 4.84. The number of carbonyl (C=O) groups is 2. The summed E-state index contributed by atoms with van der Waals surface area (Å²) < 4.78 is 4.25. The molecular weight excluding hydrogens is 218 g/mol. The highest BCUT2D eigenvalue weighted by molar-refractivity contribution is 7.97. The Morgan fingerprint density at radius 3 is 1.00 bits per heavy atom. The molecule has 0 atom stereocenters. The molecule has 0 bridgehead atoms. The van der Waals surface area contributed by atoms with Gasteiger partial charge < -0.3 is 25.1 Å². The Morgan fingerprint density at radius 2 is 1.00 bits per heavy atom. The molecule has 15 heavy (non-hydrogen) atoms. The van der Waals surface area contributed by atoms with Crippen molar-refractivity contribution in [2.45, 2.75) is 7.43 Å². The first kappa shape index (κ1) is 46.8. The summed E-state index contributed by atoms with van der Waals surface area (Å²) in [6, 6.07) is 0. The van der Waals surface area contributed by atoms with Gasteiger partial charge in [0.2, 0.25) is 0 Å². The van der Waals surface area contributed by atoms with Crippen molar-refractivity contribution in [2.24, 2.45) is 0 Å². The van der Waals surface area contributed by atoms with E-state index in [1.807, 2.05) is 40.2 Å². The topological polar surface area (TPSA) is 86.9 Å². The second-order valence-electron chi connectivity index (χ2n) is 1.32. The van der Waals surface area contributed by atoms with Crippen molar-refractivity contribution in [3.63, 3.8) is 0 Å². The molecule has 0 radical (unpaired) electrons. The Labute approximate surface area is 99.3 Å². The van der Waals surface area contributed by atoms with Gasteiger partial charge in [0, 0.05) is 14.2 Å². The number of methoxy groups -OCH3 is 1. The van der Waals surface area contributed by atoms with Gasteiger partial charge in [-0.3, -0.25) is 0 Å². The third kappa shape index (κ3) is 9820. The second kappa shape index (κ2) is 325. The minimum Gasteiger partial charge on any atom is -0.412 e. The Morgan fingerprint density at radius 1 is 1.00 bits per heavy atom. The highest BCUT2D eigenvalue weighted by Gasteiger charge is 1.32. The number of hydrogen-bond donors (Lipinski definition) is 1. The van der Waals surface area contributed by atoms with E-state index in [1.165, 1.54) is 0 Å². The molecule has 0 rings (SSSR count). The minimum absolute atomic E-state index is 0. The van der Waals surface area contributed by atoms with Crippen LogP contribution in [0.15, 0.2) is 0 Å². The summed E-state index contributed by atoms with van der Waals surface area (Å²) in [5.74, 6) is 0. The Balaban J connectivity index is -0.0000000105. The molecule has 0 aromatic carbocycles. The predicted molar refractivity (Wildman–Crippen MR) is 71.9 cm³/mol. The minimum atomic E-state index is 0. The highest BCUT2D eigenvalue weighted by atomic mass is 32.2. The average Bonchev–Trinajstić information content (AvgIpc) is 2.14. The number of nitrogens with one attached hydrogen (secondary N) is 1. The standard InChI is InChI=1S/C2H7N.C2H6O.C2H6S.2CH2O.CH4.H2O/c3*1-3-2;2*1-2;;/h3H,1-2H3;2*1-2H3;2*1H2;1H4;1H2. The van der Waals surface area contributed by atoms with Gasteiger partial charge in [0.1, 0.15) is 13.6 Å². The molecule has 0 spiro atoms. The molecule has 0 fully saturated rings. The molecule has 0 amide bonds. The van der Waals surface area contributed by atoms with Gasteiger partial charge in [-0.1, -0.05) is 7.43 Å². The molecule has 0 aromatic heterocycles. The number of carbonyl (C=O) groups excluding carboxylic acids is 2. The van der Waals surface area contributed by atoms with Gasteiger partial charge in [-0.15, -0.1) is 0 Å². The summed E-state index contributed by atoms with van der Waals surface area (Å²) in [6.07, 6.45) is 4.08. The van der Waals surface area contributed by atoms with Crippen molar-refractivity contribution >= 4 is 25.3 Å². The molecule has 0 saturated heterocycles. The van der Waals surface area contributed by atoms with Crippen molar-refractivity contribution in [2.75, 3.05) is 40.8 Å². The SMILES string of the molecule is C.C=O.C=O.CNC.COC.CSC.O. The second-order valence-corrected chi connectivity index (χ2v) is 2.13. The fourth-order valence-corrected chi connectivity index (χ4v) is 0. The largest absolute Gasteiger partial charge is 0.412 e. The lowest BCUT2D eigenvalue weighted by Gasteiger charge is -1.61. The molecule has 0 heterocycles. The lowest BCUT2D eigenvalue weighted by molar-refractivity contribution is -0.0987. The number of ether oxygens (including phenoxy) is 1. The molecular formula is C9H29NO4S. The lowest BCUT2D eigenvalue weighted by Crippen LogP contribution is -1.89. The third-order valence-corrected chi connectivity index (χ3v) is 0. The zero-order valence-corrected chi connectivity index (χ0v) is 10.9. The maximum atomic E-state index is 8.00. The van der Waals surface area contributed by atoms with E-state index < -0.39 is 0 Å². The maximum absolute atomic E-state index is 8.00. The van der Waals surface area contributed by atoms with E-state index in [2.05, 4.69) is 10.1 Å². The Bertz CT molecular complexity index is 38.5. The predicted octanol–water partition coefficient (Wildman–Crippen LogP) is 0.519. The third-order valence-electron chi connectivity index (χ3n) is 0. The van der Waals surface area contributed by atoms with Gasteiger partial charge in [0.25, 0.3) is 0 Å². The normalized spacial score (nSPS) is 4.13. The lowest BCUT2D eigenvalue weighted by atomic mass is 11.3. The molecule has 0 aromatic rings. The van der Waals surface area contributed by atoms with E-state index in [0.717, 1.165) is 0 Å². The smallest absolute Gasteiger partial charge is 0.106 e. The van der Waals surface area contributed by atoms with E-state index >= 15 is 0 Å². The van der Waals surface area contributed by atoms with Gasteiger partial charge in [0.15, 0.2) is 0 Å². The maximum Gasteiger partial charge on any atom is 0.106 e. The summed E-state index contributed by atoms with van der Waals surface area (Å²) >= 11 is 1.75. The van der Waals surface area contributed by atoms with Gasteiger partial charge in [0.05, 0.1) is 0 Å². The van der Waals surface area contributed by atoms with Crippen LogP contribution in [0.4, 0.5) is 0 Å². The summed E-state index contributed by atoms with van der Waals surface area (Å²) in [4.78, 5) is 16.0. The molecule has 3 N–H and O–H groups in total. The van der Waals surface area contributed by atoms with Crippen molar-refractivity contribution in [1.29, 1.82) is 0 Å². The summed E-state index contributed by atoms with van der Waals surface area (Å²) in [5, 5.41) is 2.75. The zero-order chi connectivity index (χ0) is 12.1. The number of rotatable bonds is 0. The summed E-state index contributed by atoms with van der Waals surface area (Å²) in [7, 11) is 7.00. The number of thioether (sulfide) groups is 1. The van der Waals surface area contributed by atoms with E-state index in [-0.39, 0.29) is 12.9 Å². The van der Waals surface area contributed by atoms with Crippen LogP contribution >= 0.6 is 11.8 Å². The number of hydrogen-bond acceptors (Lipinski definition) is 5. The quantitative estimate of drug-likeness (QED) is 0.674. The first-order chi connectivity index (χ1) is 6.24. The fourth-order valence-electron chi connectivity index (χ4n) is 0. The van der Waals surface area contributed by atoms with Crippen LogP contribution in [0.5, 0.6) is 0 Å². The molecule has 0 aliphatic carbocycles. The highest BCUT2D eigenvalue weighted by Crippen LogP contribution is 1.70. The summed E-state index contributed by atoms with van der Waals surface area (Å²) in [6.45, 7) is 4.00. The zero-order valence-electron chi connectivity index (χ0n) is 10.0. The fraction of sp³-hybridized carbons (Fsp3) is 0.778. The van der Waals surface area contributed by atoms with Crippen LogP contribution in [0.1, 0.15) is 7.43 Å². The Kier molecular flexibility index (Phi) is 1010. The molecule has 0 saturated carbocycles. The first-order valence-electron chi connectivity index (χ1n) is 3.21. The van der Waals surface area contributed by atoms with Crippen LogP contribution in [-0.4, -0.2) is 59.9 Å². The van der Waals surface area contributed by atoms with E-state index in [0.29, 0.717) is 0 Å². The van der Waals surface area contributed by atoms with Gasteiger partial charge in [-0.05, 0) is 26.6 Å². The average molecular weight is 247 g/mol. The molecule has 0 unspecified atom stereocenters. The van der Waals surface area contributed by atoms with Crippen molar-refractivity contribution in [3.8, 4) is 0 Å². The van der Waals surface area contributed by atoms with E-state index in [4.69, 9.17) is 9.59 Å². The van der Waals surface area contributed by atoms with Gasteiger partial charge in [-0.25, -0.2) is 0 Å². The van der Waals surface area contributed by atoms with Crippen LogP contribution in [0, 0.1) is 0 Å².